The Kier molecular flexibility index (Phi) is 3.91. The molecule has 0 saturated carbocycles. The number of H-pyrrole nitrogens is 1. The minimum Gasteiger partial charge on any atom is -0.316 e. The molecule has 2 N–H and O–H groups in total. The van der Waals surface area contributed by atoms with Gasteiger partial charge in [0.1, 0.15) is 12.2 Å². The van der Waals surface area contributed by atoms with E-state index in [-0.39, 0.29) is 0 Å². The van der Waals surface area contributed by atoms with E-state index in [1.807, 2.05) is 0 Å². The molecule has 4 nitrogen and oxygen atoms in total. The molecule has 15 heavy (non-hydrogen) atoms. The Hall–Kier alpha value is -1.16. The molecule has 0 aromatic carbocycles. The Balaban J connectivity index is 1.57. The van der Waals surface area contributed by atoms with Gasteiger partial charge in [-0.25, -0.2) is 4.98 Å². The van der Waals surface area contributed by atoms with E-state index >= 15 is 0 Å². The number of aromatic nitrogens is 3. The maximum atomic E-state index is 4.08. The fraction of sp³-hybridized carbons (Fsp3) is 0.636. The summed E-state index contributed by atoms with van der Waals surface area (Å²) in [5, 5.41) is 10.2. The molecule has 0 saturated heterocycles. The van der Waals surface area contributed by atoms with E-state index in [9.17, 15) is 0 Å². The van der Waals surface area contributed by atoms with Crippen LogP contribution in [0.5, 0.6) is 0 Å². The SMILES string of the molecule is C1=CCC(CNCCc2ncn[nH]2)CC1. The third kappa shape index (κ3) is 3.47. The molecule has 1 aliphatic carbocycles. The predicted octanol–water partition coefficient (Wildman–Crippen LogP) is 1.29. The van der Waals surface area contributed by atoms with Crippen LogP contribution in [0.1, 0.15) is 25.1 Å². The molecule has 1 heterocycles. The fourth-order valence-electron chi connectivity index (χ4n) is 1.91. The fourth-order valence-corrected chi connectivity index (χ4v) is 1.91. The number of hydrogen-bond acceptors (Lipinski definition) is 3. The largest absolute Gasteiger partial charge is 0.316 e. The van der Waals surface area contributed by atoms with Crippen LogP contribution in [0.3, 0.4) is 0 Å². The predicted molar refractivity (Wildman–Crippen MR) is 59.4 cm³/mol. The molecule has 4 heteroatoms. The van der Waals surface area contributed by atoms with Crippen LogP contribution in [-0.2, 0) is 6.42 Å². The van der Waals surface area contributed by atoms with Crippen molar-refractivity contribution in [3.05, 3.63) is 24.3 Å². The summed E-state index contributed by atoms with van der Waals surface area (Å²) >= 11 is 0. The summed E-state index contributed by atoms with van der Waals surface area (Å²) in [4.78, 5) is 4.08. The number of hydrogen-bond donors (Lipinski definition) is 2. The van der Waals surface area contributed by atoms with Crippen LogP contribution in [0.25, 0.3) is 0 Å². The molecule has 0 aliphatic heterocycles. The number of aromatic amines is 1. The molecule has 1 unspecified atom stereocenters. The van der Waals surface area contributed by atoms with Gasteiger partial charge in [0.2, 0.25) is 0 Å². The number of allylic oxidation sites excluding steroid dienone is 2. The van der Waals surface area contributed by atoms with Gasteiger partial charge in [-0.05, 0) is 31.7 Å². The smallest absolute Gasteiger partial charge is 0.137 e. The van der Waals surface area contributed by atoms with Crippen molar-refractivity contribution in [3.63, 3.8) is 0 Å². The van der Waals surface area contributed by atoms with Gasteiger partial charge in [0.25, 0.3) is 0 Å². The van der Waals surface area contributed by atoms with Gasteiger partial charge in [0.15, 0.2) is 0 Å². The van der Waals surface area contributed by atoms with Gasteiger partial charge in [-0.2, -0.15) is 5.10 Å². The van der Waals surface area contributed by atoms with Crippen molar-refractivity contribution in [1.82, 2.24) is 20.5 Å². The first-order valence-corrected chi connectivity index (χ1v) is 5.65. The van der Waals surface area contributed by atoms with Crippen LogP contribution in [0, 0.1) is 5.92 Å². The van der Waals surface area contributed by atoms with Gasteiger partial charge in [0.05, 0.1) is 0 Å². The molecule has 1 aliphatic rings. The summed E-state index contributed by atoms with van der Waals surface area (Å²) in [5.41, 5.74) is 0. The van der Waals surface area contributed by atoms with Crippen molar-refractivity contribution < 1.29 is 0 Å². The second-order valence-corrected chi connectivity index (χ2v) is 4.04. The zero-order chi connectivity index (χ0) is 10.3. The van der Waals surface area contributed by atoms with E-state index in [0.29, 0.717) is 0 Å². The van der Waals surface area contributed by atoms with Crippen LogP contribution in [0.4, 0.5) is 0 Å². The molecule has 0 spiro atoms. The molecule has 1 aromatic heterocycles. The monoisotopic (exact) mass is 206 g/mol. The van der Waals surface area contributed by atoms with Gasteiger partial charge in [-0.1, -0.05) is 12.2 Å². The summed E-state index contributed by atoms with van der Waals surface area (Å²) in [7, 11) is 0. The highest BCUT2D eigenvalue weighted by Crippen LogP contribution is 2.16. The Labute approximate surface area is 90.2 Å². The van der Waals surface area contributed by atoms with E-state index in [1.54, 1.807) is 6.33 Å². The van der Waals surface area contributed by atoms with E-state index < -0.39 is 0 Å². The Bertz CT molecular complexity index is 292. The van der Waals surface area contributed by atoms with Crippen LogP contribution in [0.15, 0.2) is 18.5 Å². The van der Waals surface area contributed by atoms with Crippen molar-refractivity contribution in [3.8, 4) is 0 Å². The minimum absolute atomic E-state index is 0.824. The van der Waals surface area contributed by atoms with Crippen molar-refractivity contribution in [2.24, 2.45) is 5.92 Å². The summed E-state index contributed by atoms with van der Waals surface area (Å²) in [6.07, 6.45) is 10.9. The molecule has 0 bridgehead atoms. The molecule has 0 fully saturated rings. The summed E-state index contributed by atoms with van der Waals surface area (Å²) in [6.45, 7) is 2.11. The first kappa shape index (κ1) is 10.4. The first-order chi connectivity index (χ1) is 7.45. The van der Waals surface area contributed by atoms with Crippen LogP contribution in [0.2, 0.25) is 0 Å². The molecular formula is C11H18N4. The van der Waals surface area contributed by atoms with Crippen LogP contribution < -0.4 is 5.32 Å². The Morgan fingerprint density at radius 3 is 3.20 bits per heavy atom. The molecule has 0 radical (unpaired) electrons. The lowest BCUT2D eigenvalue weighted by molar-refractivity contribution is 0.441. The van der Waals surface area contributed by atoms with Crippen LogP contribution >= 0.6 is 0 Å². The maximum absolute atomic E-state index is 4.08. The molecule has 0 amide bonds. The Morgan fingerprint density at radius 2 is 2.47 bits per heavy atom. The van der Waals surface area contributed by atoms with Gasteiger partial charge in [0, 0.05) is 13.0 Å². The standard InChI is InChI=1S/C11H18N4/c1-2-4-10(5-3-1)8-12-7-6-11-13-9-14-15-11/h1-2,9-10,12H,3-8H2,(H,13,14,15). The topological polar surface area (TPSA) is 53.6 Å². The molecular weight excluding hydrogens is 188 g/mol. The van der Waals surface area contributed by atoms with Gasteiger partial charge in [-0.15, -0.1) is 0 Å². The van der Waals surface area contributed by atoms with E-state index in [2.05, 4.69) is 32.7 Å². The van der Waals surface area contributed by atoms with E-state index in [1.165, 1.54) is 19.3 Å². The van der Waals surface area contributed by atoms with E-state index in [0.717, 1.165) is 31.3 Å². The van der Waals surface area contributed by atoms with Gasteiger partial charge in [-0.3, -0.25) is 5.10 Å². The van der Waals surface area contributed by atoms with E-state index in [4.69, 9.17) is 0 Å². The normalized spacial score (nSPS) is 20.7. The second-order valence-electron chi connectivity index (χ2n) is 4.04. The average Bonchev–Trinajstić information content (AvgIpc) is 2.79. The number of rotatable bonds is 5. The lowest BCUT2D eigenvalue weighted by atomic mass is 9.94. The summed E-state index contributed by atoms with van der Waals surface area (Å²) in [5.74, 6) is 1.79. The zero-order valence-corrected chi connectivity index (χ0v) is 8.95. The molecule has 1 atom stereocenters. The van der Waals surface area contributed by atoms with Gasteiger partial charge < -0.3 is 5.32 Å². The summed E-state index contributed by atoms with van der Waals surface area (Å²) < 4.78 is 0. The van der Waals surface area contributed by atoms with Crippen molar-refractivity contribution in [2.45, 2.75) is 25.7 Å². The van der Waals surface area contributed by atoms with Crippen molar-refractivity contribution in [1.29, 1.82) is 0 Å². The highest BCUT2D eigenvalue weighted by Gasteiger charge is 2.08. The highest BCUT2D eigenvalue weighted by atomic mass is 15.2. The van der Waals surface area contributed by atoms with Crippen LogP contribution in [-0.4, -0.2) is 28.3 Å². The number of nitrogens with one attached hydrogen (secondary N) is 2. The molecule has 1 aromatic rings. The lowest BCUT2D eigenvalue weighted by Gasteiger charge is -2.17. The average molecular weight is 206 g/mol. The summed E-state index contributed by atoms with van der Waals surface area (Å²) in [6, 6.07) is 0. The minimum atomic E-state index is 0.824. The number of nitrogens with zero attached hydrogens (tertiary/aromatic N) is 2. The van der Waals surface area contributed by atoms with Crippen molar-refractivity contribution >= 4 is 0 Å². The third-order valence-corrected chi connectivity index (χ3v) is 2.81. The highest BCUT2D eigenvalue weighted by molar-refractivity contribution is 4.90. The Morgan fingerprint density at radius 1 is 1.47 bits per heavy atom. The zero-order valence-electron chi connectivity index (χ0n) is 8.95. The quantitative estimate of drug-likeness (QED) is 0.564. The third-order valence-electron chi connectivity index (χ3n) is 2.81. The molecule has 2 rings (SSSR count). The van der Waals surface area contributed by atoms with Crippen molar-refractivity contribution in [2.75, 3.05) is 13.1 Å². The molecule has 82 valence electrons. The first-order valence-electron chi connectivity index (χ1n) is 5.65. The maximum Gasteiger partial charge on any atom is 0.137 e. The van der Waals surface area contributed by atoms with Gasteiger partial charge >= 0.3 is 0 Å². The lowest BCUT2D eigenvalue weighted by Crippen LogP contribution is -2.25. The second kappa shape index (κ2) is 5.66.